The highest BCUT2D eigenvalue weighted by Gasteiger charge is 2.47. The van der Waals surface area contributed by atoms with E-state index in [0.717, 1.165) is 0 Å². The molecule has 2 unspecified atom stereocenters. The summed E-state index contributed by atoms with van der Waals surface area (Å²) in [6, 6.07) is -1.29. The molecule has 0 aliphatic heterocycles. The summed E-state index contributed by atoms with van der Waals surface area (Å²) in [5, 5.41) is 43.7. The lowest BCUT2D eigenvalue weighted by Crippen LogP contribution is -2.70. The minimum atomic E-state index is -1.26. The molecule has 1 fully saturated rings. The summed E-state index contributed by atoms with van der Waals surface area (Å²) < 4.78 is 0. The Morgan fingerprint density at radius 1 is 0.643 bits per heavy atom. The molecule has 4 atom stereocenters. The van der Waals surface area contributed by atoms with Crippen molar-refractivity contribution in [1.82, 2.24) is 10.6 Å². The number of hydrogen-bond acceptors (Lipinski definition) is 6. The molecule has 0 bridgehead atoms. The molecule has 84 valence electrons. The van der Waals surface area contributed by atoms with E-state index in [0.29, 0.717) is 0 Å². The van der Waals surface area contributed by atoms with Gasteiger partial charge >= 0.3 is 0 Å². The van der Waals surface area contributed by atoms with Crippen molar-refractivity contribution in [3.05, 3.63) is 0 Å². The van der Waals surface area contributed by atoms with Gasteiger partial charge in [-0.1, -0.05) is 0 Å². The Morgan fingerprint density at radius 3 is 1.29 bits per heavy atom. The van der Waals surface area contributed by atoms with Gasteiger partial charge in [-0.3, -0.25) is 0 Å². The molecule has 14 heavy (non-hydrogen) atoms. The molecule has 1 saturated carbocycles. The van der Waals surface area contributed by atoms with Crippen molar-refractivity contribution in [3.8, 4) is 0 Å². The van der Waals surface area contributed by atoms with Gasteiger partial charge in [-0.2, -0.15) is 0 Å². The fourth-order valence-corrected chi connectivity index (χ4v) is 1.94. The number of hydrogen-bond donors (Lipinski definition) is 6. The third-order valence-corrected chi connectivity index (χ3v) is 2.84. The SMILES string of the molecule is CNC1C(O)C(NC)[C@H](O)C(O)[C@H]1O. The highest BCUT2D eigenvalue weighted by Crippen LogP contribution is 2.20. The maximum atomic E-state index is 9.73. The normalized spacial score (nSPS) is 49.3. The van der Waals surface area contributed by atoms with E-state index in [1.807, 2.05) is 0 Å². The van der Waals surface area contributed by atoms with Gasteiger partial charge in [-0.25, -0.2) is 0 Å². The van der Waals surface area contributed by atoms with Crippen LogP contribution in [-0.2, 0) is 0 Å². The summed E-state index contributed by atoms with van der Waals surface area (Å²) in [5.74, 6) is 0. The van der Waals surface area contributed by atoms with Crippen molar-refractivity contribution < 1.29 is 20.4 Å². The molecule has 1 aliphatic carbocycles. The Balaban J connectivity index is 2.82. The van der Waals surface area contributed by atoms with Crippen molar-refractivity contribution in [2.24, 2.45) is 0 Å². The van der Waals surface area contributed by atoms with Crippen LogP contribution < -0.4 is 10.6 Å². The number of nitrogens with one attached hydrogen (secondary N) is 2. The zero-order chi connectivity index (χ0) is 10.9. The molecular weight excluding hydrogens is 188 g/mol. The largest absolute Gasteiger partial charge is 0.390 e. The van der Waals surface area contributed by atoms with Crippen molar-refractivity contribution >= 4 is 0 Å². The lowest BCUT2D eigenvalue weighted by atomic mass is 9.81. The van der Waals surface area contributed by atoms with Gasteiger partial charge in [-0.15, -0.1) is 0 Å². The van der Waals surface area contributed by atoms with E-state index in [1.165, 1.54) is 0 Å². The average Bonchev–Trinajstić information content (AvgIpc) is 2.16. The van der Waals surface area contributed by atoms with Crippen LogP contribution in [0.5, 0.6) is 0 Å². The molecule has 6 N–H and O–H groups in total. The van der Waals surface area contributed by atoms with Crippen molar-refractivity contribution in [2.75, 3.05) is 14.1 Å². The van der Waals surface area contributed by atoms with Crippen LogP contribution in [0.1, 0.15) is 0 Å². The molecule has 0 amide bonds. The molecular formula is C8H18N2O4. The summed E-state index contributed by atoms with van der Waals surface area (Å²) in [5.41, 5.74) is 0. The molecule has 0 aromatic carbocycles. The Labute approximate surface area is 82.6 Å². The Bertz CT molecular complexity index is 174. The first-order valence-corrected chi connectivity index (χ1v) is 4.61. The fourth-order valence-electron chi connectivity index (χ4n) is 1.94. The van der Waals surface area contributed by atoms with Crippen LogP contribution in [0, 0.1) is 0 Å². The van der Waals surface area contributed by atoms with Crippen molar-refractivity contribution in [1.29, 1.82) is 0 Å². The monoisotopic (exact) mass is 206 g/mol. The highest BCUT2D eigenvalue weighted by atomic mass is 16.4. The molecule has 0 aromatic rings. The zero-order valence-corrected chi connectivity index (χ0v) is 8.25. The number of likely N-dealkylation sites (N-methyl/N-ethyl adjacent to an activating group) is 2. The average molecular weight is 206 g/mol. The molecule has 0 heterocycles. The van der Waals surface area contributed by atoms with Gasteiger partial charge < -0.3 is 31.1 Å². The molecule has 1 aliphatic rings. The third kappa shape index (κ3) is 1.77. The maximum absolute atomic E-state index is 9.73. The molecule has 0 spiro atoms. The second-order valence-corrected chi connectivity index (χ2v) is 3.59. The Kier molecular flexibility index (Phi) is 3.82. The second-order valence-electron chi connectivity index (χ2n) is 3.59. The van der Waals surface area contributed by atoms with Gasteiger partial charge in [0.2, 0.25) is 0 Å². The molecule has 0 aromatic heterocycles. The van der Waals surface area contributed by atoms with E-state index < -0.39 is 36.5 Å². The van der Waals surface area contributed by atoms with Crippen molar-refractivity contribution in [2.45, 2.75) is 36.5 Å². The first-order valence-electron chi connectivity index (χ1n) is 4.61. The number of aliphatic hydroxyl groups excluding tert-OH is 4. The maximum Gasteiger partial charge on any atom is 0.109 e. The van der Waals surface area contributed by atoms with Crippen LogP contribution in [0.2, 0.25) is 0 Å². The van der Waals surface area contributed by atoms with Crippen LogP contribution >= 0.6 is 0 Å². The topological polar surface area (TPSA) is 105 Å². The lowest BCUT2D eigenvalue weighted by molar-refractivity contribution is -0.148. The first-order chi connectivity index (χ1) is 6.54. The number of rotatable bonds is 2. The smallest absolute Gasteiger partial charge is 0.109 e. The van der Waals surface area contributed by atoms with Crippen LogP contribution in [0.15, 0.2) is 0 Å². The van der Waals surface area contributed by atoms with E-state index in [-0.39, 0.29) is 0 Å². The fraction of sp³-hybridized carbons (Fsp3) is 1.00. The third-order valence-electron chi connectivity index (χ3n) is 2.84. The zero-order valence-electron chi connectivity index (χ0n) is 8.25. The number of aliphatic hydroxyl groups is 4. The molecule has 6 heteroatoms. The summed E-state index contributed by atoms with van der Waals surface area (Å²) in [4.78, 5) is 0. The van der Waals surface area contributed by atoms with E-state index in [2.05, 4.69) is 10.6 Å². The van der Waals surface area contributed by atoms with Gasteiger partial charge in [0.1, 0.15) is 18.3 Å². The van der Waals surface area contributed by atoms with Crippen molar-refractivity contribution in [3.63, 3.8) is 0 Å². The Hall–Kier alpha value is -0.240. The van der Waals surface area contributed by atoms with Crippen LogP contribution in [0.3, 0.4) is 0 Å². The van der Waals surface area contributed by atoms with E-state index in [9.17, 15) is 20.4 Å². The van der Waals surface area contributed by atoms with Crippen LogP contribution in [-0.4, -0.2) is 71.0 Å². The summed E-state index contributed by atoms with van der Waals surface area (Å²) in [6.45, 7) is 0. The summed E-state index contributed by atoms with van der Waals surface area (Å²) >= 11 is 0. The highest BCUT2D eigenvalue weighted by molar-refractivity contribution is 5.04. The quantitative estimate of drug-likeness (QED) is 0.282. The van der Waals surface area contributed by atoms with Gasteiger partial charge in [0.25, 0.3) is 0 Å². The summed E-state index contributed by atoms with van der Waals surface area (Å²) in [7, 11) is 3.16. The van der Waals surface area contributed by atoms with Gasteiger partial charge in [0.15, 0.2) is 0 Å². The second kappa shape index (κ2) is 4.52. The first kappa shape index (κ1) is 11.8. The van der Waals surface area contributed by atoms with Gasteiger partial charge in [0.05, 0.1) is 18.2 Å². The predicted octanol–water partition coefficient (Wildman–Crippen LogP) is -3.38. The molecule has 1 rings (SSSR count). The minimum Gasteiger partial charge on any atom is -0.390 e. The predicted molar refractivity (Wildman–Crippen MR) is 49.7 cm³/mol. The Morgan fingerprint density at radius 2 is 1.00 bits per heavy atom. The minimum absolute atomic E-state index is 0.647. The van der Waals surface area contributed by atoms with Crippen LogP contribution in [0.4, 0.5) is 0 Å². The molecule has 6 nitrogen and oxygen atoms in total. The lowest BCUT2D eigenvalue weighted by Gasteiger charge is -2.43. The standard InChI is InChI=1S/C8H18N2O4/c1-9-3-5(11)4(10-2)7(13)8(14)6(3)12/h3-14H,1-2H3/t3?,4?,5?,6-,7-,8?/m0/s1. The van der Waals surface area contributed by atoms with Gasteiger partial charge in [-0.05, 0) is 14.1 Å². The van der Waals surface area contributed by atoms with E-state index in [4.69, 9.17) is 0 Å². The van der Waals surface area contributed by atoms with Crippen LogP contribution in [0.25, 0.3) is 0 Å². The summed E-state index contributed by atoms with van der Waals surface area (Å²) in [6.07, 6.45) is -4.55. The van der Waals surface area contributed by atoms with Gasteiger partial charge in [0, 0.05) is 0 Å². The molecule has 0 saturated heterocycles. The van der Waals surface area contributed by atoms with E-state index in [1.54, 1.807) is 14.1 Å². The molecule has 0 radical (unpaired) electrons. The van der Waals surface area contributed by atoms with E-state index >= 15 is 0 Å².